The van der Waals surface area contributed by atoms with E-state index in [4.69, 9.17) is 0 Å². The second-order valence-corrected chi connectivity index (χ2v) is 5.95. The van der Waals surface area contributed by atoms with Gasteiger partial charge in [0.2, 0.25) is 0 Å². The largest absolute Gasteiger partial charge is 0.348 e. The average Bonchev–Trinajstić information content (AvgIpc) is 3.01. The Labute approximate surface area is 119 Å². The van der Waals surface area contributed by atoms with Crippen LogP contribution >= 0.6 is 0 Å². The third-order valence-electron chi connectivity index (χ3n) is 4.34. The number of likely N-dealkylation sites (tertiary alicyclic amines) is 1. The number of hydrogen-bond acceptors (Lipinski definition) is 3. The van der Waals surface area contributed by atoms with Crippen molar-refractivity contribution < 1.29 is 0 Å². The van der Waals surface area contributed by atoms with Crippen LogP contribution in [0.5, 0.6) is 0 Å². The second-order valence-electron chi connectivity index (χ2n) is 5.95. The number of imidazole rings is 1. The van der Waals surface area contributed by atoms with Crippen LogP contribution in [0.1, 0.15) is 35.5 Å². The lowest BCUT2D eigenvalue weighted by molar-refractivity contribution is 0.164. The van der Waals surface area contributed by atoms with Gasteiger partial charge < -0.3 is 4.98 Å². The highest BCUT2D eigenvalue weighted by Crippen LogP contribution is 2.22. The molecule has 2 N–H and O–H groups in total. The first kappa shape index (κ1) is 13.4. The molecular weight excluding hydrogens is 250 g/mol. The summed E-state index contributed by atoms with van der Waals surface area (Å²) >= 11 is 0. The van der Waals surface area contributed by atoms with Gasteiger partial charge in [0.1, 0.15) is 0 Å². The van der Waals surface area contributed by atoms with Crippen LogP contribution in [-0.4, -0.2) is 38.2 Å². The van der Waals surface area contributed by atoms with Crippen molar-refractivity contribution in [2.45, 2.75) is 39.7 Å². The van der Waals surface area contributed by atoms with E-state index in [1.165, 1.54) is 42.0 Å². The molecule has 0 aromatic carbocycles. The van der Waals surface area contributed by atoms with E-state index in [0.717, 1.165) is 25.4 Å². The molecule has 1 aliphatic heterocycles. The molecule has 0 spiro atoms. The molecule has 0 radical (unpaired) electrons. The summed E-state index contributed by atoms with van der Waals surface area (Å²) < 4.78 is 0. The van der Waals surface area contributed by atoms with E-state index in [9.17, 15) is 0 Å². The van der Waals surface area contributed by atoms with Crippen molar-refractivity contribution >= 4 is 0 Å². The van der Waals surface area contributed by atoms with E-state index in [0.29, 0.717) is 0 Å². The van der Waals surface area contributed by atoms with Crippen molar-refractivity contribution in [1.29, 1.82) is 0 Å². The number of piperidine rings is 1. The van der Waals surface area contributed by atoms with Gasteiger partial charge in [-0.05, 0) is 51.1 Å². The normalized spacial score (nSPS) is 20.4. The lowest BCUT2D eigenvalue weighted by Gasteiger charge is -2.32. The SMILES string of the molecule is Cc1cn[nH]c1CC1CCCN(Cc2nc[nH]c2C)C1. The van der Waals surface area contributed by atoms with E-state index in [2.05, 4.69) is 38.9 Å². The molecule has 0 bridgehead atoms. The zero-order chi connectivity index (χ0) is 13.9. The third-order valence-corrected chi connectivity index (χ3v) is 4.34. The number of H-pyrrole nitrogens is 2. The summed E-state index contributed by atoms with van der Waals surface area (Å²) in [6.07, 6.45) is 7.42. The van der Waals surface area contributed by atoms with E-state index in [1.807, 2.05) is 6.20 Å². The quantitative estimate of drug-likeness (QED) is 0.898. The molecule has 2 aromatic heterocycles. The summed E-state index contributed by atoms with van der Waals surface area (Å²) in [6, 6.07) is 0. The third kappa shape index (κ3) is 2.93. The Kier molecular flexibility index (Phi) is 3.87. The predicted octanol–water partition coefficient (Wildman–Crippen LogP) is 2.20. The standard InChI is InChI=1S/C15H23N5/c1-11-7-18-19-14(11)6-13-4-3-5-20(8-13)9-15-12(2)16-10-17-15/h7,10,13H,3-6,8-9H2,1-2H3,(H,16,17)(H,18,19). The number of nitrogens with one attached hydrogen (secondary N) is 2. The molecule has 5 heteroatoms. The van der Waals surface area contributed by atoms with Crippen LogP contribution < -0.4 is 0 Å². The van der Waals surface area contributed by atoms with E-state index in [1.54, 1.807) is 6.33 Å². The first-order valence-corrected chi connectivity index (χ1v) is 7.42. The average molecular weight is 273 g/mol. The predicted molar refractivity (Wildman–Crippen MR) is 78.4 cm³/mol. The van der Waals surface area contributed by atoms with Crippen LogP contribution in [0.4, 0.5) is 0 Å². The van der Waals surface area contributed by atoms with E-state index < -0.39 is 0 Å². The minimum Gasteiger partial charge on any atom is -0.348 e. The Morgan fingerprint density at radius 1 is 1.40 bits per heavy atom. The number of hydrogen-bond donors (Lipinski definition) is 2. The first-order chi connectivity index (χ1) is 9.72. The highest BCUT2D eigenvalue weighted by atomic mass is 15.1. The van der Waals surface area contributed by atoms with Gasteiger partial charge in [-0.3, -0.25) is 10.00 Å². The fourth-order valence-corrected chi connectivity index (χ4v) is 3.09. The Balaban J connectivity index is 1.59. The zero-order valence-electron chi connectivity index (χ0n) is 12.3. The van der Waals surface area contributed by atoms with Crippen LogP contribution in [0.3, 0.4) is 0 Å². The van der Waals surface area contributed by atoms with Crippen LogP contribution in [0.15, 0.2) is 12.5 Å². The lowest BCUT2D eigenvalue weighted by atomic mass is 9.92. The molecule has 0 saturated carbocycles. The Morgan fingerprint density at radius 2 is 2.30 bits per heavy atom. The molecule has 0 aliphatic carbocycles. The summed E-state index contributed by atoms with van der Waals surface area (Å²) in [5.41, 5.74) is 4.96. The van der Waals surface area contributed by atoms with Crippen LogP contribution in [0.2, 0.25) is 0 Å². The number of aromatic nitrogens is 4. The van der Waals surface area contributed by atoms with Gasteiger partial charge in [0.05, 0.1) is 18.2 Å². The van der Waals surface area contributed by atoms with Gasteiger partial charge in [0.25, 0.3) is 0 Å². The van der Waals surface area contributed by atoms with Gasteiger partial charge in [-0.2, -0.15) is 5.10 Å². The number of rotatable bonds is 4. The molecule has 2 aromatic rings. The van der Waals surface area contributed by atoms with Gasteiger partial charge in [-0.15, -0.1) is 0 Å². The molecule has 1 aliphatic rings. The smallest absolute Gasteiger partial charge is 0.0925 e. The van der Waals surface area contributed by atoms with Crippen LogP contribution in [0.25, 0.3) is 0 Å². The van der Waals surface area contributed by atoms with Crippen molar-refractivity contribution in [3.63, 3.8) is 0 Å². The van der Waals surface area contributed by atoms with E-state index >= 15 is 0 Å². The summed E-state index contributed by atoms with van der Waals surface area (Å²) in [6.45, 7) is 7.54. The number of nitrogens with zero attached hydrogens (tertiary/aromatic N) is 3. The molecule has 0 amide bonds. The fraction of sp³-hybridized carbons (Fsp3) is 0.600. The molecule has 5 nitrogen and oxygen atoms in total. The van der Waals surface area contributed by atoms with Crippen molar-refractivity contribution in [2.75, 3.05) is 13.1 Å². The minimum absolute atomic E-state index is 0.724. The molecule has 1 atom stereocenters. The fourth-order valence-electron chi connectivity index (χ4n) is 3.09. The zero-order valence-corrected chi connectivity index (χ0v) is 12.3. The van der Waals surface area contributed by atoms with Crippen molar-refractivity contribution in [3.8, 4) is 0 Å². The molecule has 20 heavy (non-hydrogen) atoms. The van der Waals surface area contributed by atoms with Gasteiger partial charge in [-0.1, -0.05) is 0 Å². The first-order valence-electron chi connectivity index (χ1n) is 7.42. The minimum atomic E-state index is 0.724. The maximum absolute atomic E-state index is 4.41. The summed E-state index contributed by atoms with van der Waals surface area (Å²) in [7, 11) is 0. The Hall–Kier alpha value is -1.62. The number of aryl methyl sites for hydroxylation is 2. The summed E-state index contributed by atoms with van der Waals surface area (Å²) in [4.78, 5) is 10.1. The van der Waals surface area contributed by atoms with Crippen LogP contribution in [0, 0.1) is 19.8 Å². The maximum Gasteiger partial charge on any atom is 0.0925 e. The molecule has 3 rings (SSSR count). The summed E-state index contributed by atoms with van der Waals surface area (Å²) in [5, 5.41) is 7.26. The van der Waals surface area contributed by atoms with Gasteiger partial charge in [0, 0.05) is 24.5 Å². The van der Waals surface area contributed by atoms with Gasteiger partial charge >= 0.3 is 0 Å². The van der Waals surface area contributed by atoms with Crippen molar-refractivity contribution in [2.24, 2.45) is 5.92 Å². The summed E-state index contributed by atoms with van der Waals surface area (Å²) in [5.74, 6) is 0.724. The molecule has 3 heterocycles. The molecule has 1 saturated heterocycles. The highest BCUT2D eigenvalue weighted by molar-refractivity contribution is 5.14. The Bertz CT molecular complexity index is 508. The van der Waals surface area contributed by atoms with Crippen molar-refractivity contribution in [1.82, 2.24) is 25.1 Å². The van der Waals surface area contributed by atoms with Crippen LogP contribution in [-0.2, 0) is 13.0 Å². The van der Waals surface area contributed by atoms with Gasteiger partial charge in [0.15, 0.2) is 0 Å². The maximum atomic E-state index is 4.41. The monoisotopic (exact) mass is 273 g/mol. The molecular formula is C15H23N5. The highest BCUT2D eigenvalue weighted by Gasteiger charge is 2.22. The molecule has 1 fully saturated rings. The van der Waals surface area contributed by atoms with Gasteiger partial charge in [-0.25, -0.2) is 4.98 Å². The molecule has 1 unspecified atom stereocenters. The van der Waals surface area contributed by atoms with E-state index in [-0.39, 0.29) is 0 Å². The number of aromatic amines is 2. The Morgan fingerprint density at radius 3 is 3.00 bits per heavy atom. The van der Waals surface area contributed by atoms with Crippen molar-refractivity contribution in [3.05, 3.63) is 35.2 Å². The lowest BCUT2D eigenvalue weighted by Crippen LogP contribution is -2.36. The second kappa shape index (κ2) is 5.79. The molecule has 108 valence electrons. The topological polar surface area (TPSA) is 60.6 Å².